The Morgan fingerprint density at radius 1 is 0.844 bits per heavy atom. The maximum Gasteiger partial charge on any atom is 0.251 e. The Morgan fingerprint density at radius 2 is 1.53 bits per heavy atom. The van der Waals surface area contributed by atoms with Crippen molar-refractivity contribution in [3.63, 3.8) is 0 Å². The lowest BCUT2D eigenvalue weighted by Crippen LogP contribution is -2.26. The van der Waals surface area contributed by atoms with Crippen LogP contribution in [0.2, 0.25) is 0 Å². The van der Waals surface area contributed by atoms with Gasteiger partial charge < -0.3 is 14.8 Å². The zero-order chi connectivity index (χ0) is 23.0. The number of amides is 1. The van der Waals surface area contributed by atoms with E-state index in [1.807, 2.05) is 42.5 Å². The summed E-state index contributed by atoms with van der Waals surface area (Å²) < 4.78 is 38.2. The van der Waals surface area contributed by atoms with Gasteiger partial charge in [0.2, 0.25) is 10.0 Å². The van der Waals surface area contributed by atoms with E-state index in [2.05, 4.69) is 10.0 Å². The van der Waals surface area contributed by atoms with Gasteiger partial charge in [0.25, 0.3) is 5.91 Å². The highest BCUT2D eigenvalue weighted by Gasteiger charge is 2.15. The number of methoxy groups -OCH3 is 2. The molecule has 3 aromatic carbocycles. The average molecular weight is 455 g/mol. The highest BCUT2D eigenvalue weighted by Crippen LogP contribution is 2.27. The summed E-state index contributed by atoms with van der Waals surface area (Å²) >= 11 is 0. The summed E-state index contributed by atoms with van der Waals surface area (Å²) in [7, 11) is -0.583. The Bertz CT molecular complexity index is 1150. The second-order valence-corrected chi connectivity index (χ2v) is 8.80. The van der Waals surface area contributed by atoms with Crippen molar-refractivity contribution >= 4 is 15.9 Å². The standard InChI is InChI=1S/C24H26N2O5S/c1-30-22-13-8-18(16-23(22)31-2)14-15-26-32(28,29)21-11-9-20(10-12-21)24(27)25-17-19-6-4-3-5-7-19/h3-13,16,26H,14-15,17H2,1-2H3,(H,25,27). The molecule has 1 amide bonds. The molecule has 3 aromatic rings. The van der Waals surface area contributed by atoms with Crippen LogP contribution in [0, 0.1) is 0 Å². The fraction of sp³-hybridized carbons (Fsp3) is 0.208. The van der Waals surface area contributed by atoms with Crippen molar-refractivity contribution in [1.82, 2.24) is 10.0 Å². The number of hydrogen-bond acceptors (Lipinski definition) is 5. The summed E-state index contributed by atoms with van der Waals surface area (Å²) in [6.07, 6.45) is 0.486. The van der Waals surface area contributed by atoms with E-state index in [1.54, 1.807) is 20.3 Å². The molecule has 0 saturated carbocycles. The normalized spacial score (nSPS) is 11.1. The fourth-order valence-corrected chi connectivity index (χ4v) is 4.15. The smallest absolute Gasteiger partial charge is 0.251 e. The van der Waals surface area contributed by atoms with Gasteiger partial charge in [-0.2, -0.15) is 0 Å². The van der Waals surface area contributed by atoms with Crippen molar-refractivity contribution in [1.29, 1.82) is 0 Å². The molecule has 0 heterocycles. The van der Waals surface area contributed by atoms with Crippen LogP contribution in [0.15, 0.2) is 77.7 Å². The van der Waals surface area contributed by atoms with Gasteiger partial charge in [-0.05, 0) is 53.9 Å². The first-order chi connectivity index (χ1) is 15.4. The van der Waals surface area contributed by atoms with Crippen molar-refractivity contribution in [2.45, 2.75) is 17.9 Å². The third-order valence-electron chi connectivity index (χ3n) is 4.88. The van der Waals surface area contributed by atoms with E-state index in [-0.39, 0.29) is 17.3 Å². The van der Waals surface area contributed by atoms with Crippen LogP contribution in [0.1, 0.15) is 21.5 Å². The third-order valence-corrected chi connectivity index (χ3v) is 6.35. The molecule has 8 heteroatoms. The van der Waals surface area contributed by atoms with Gasteiger partial charge >= 0.3 is 0 Å². The van der Waals surface area contributed by atoms with Crippen LogP contribution in [0.4, 0.5) is 0 Å². The number of rotatable bonds is 10. The van der Waals surface area contributed by atoms with E-state index in [0.717, 1.165) is 11.1 Å². The molecule has 3 rings (SSSR count). The molecule has 0 bridgehead atoms. The predicted molar refractivity (Wildman–Crippen MR) is 122 cm³/mol. The monoisotopic (exact) mass is 454 g/mol. The van der Waals surface area contributed by atoms with Crippen molar-refractivity contribution in [2.24, 2.45) is 0 Å². The minimum atomic E-state index is -3.69. The molecule has 2 N–H and O–H groups in total. The van der Waals surface area contributed by atoms with Crippen molar-refractivity contribution < 1.29 is 22.7 Å². The highest BCUT2D eigenvalue weighted by molar-refractivity contribution is 7.89. The Labute approximate surface area is 188 Å². The lowest BCUT2D eigenvalue weighted by Gasteiger charge is -2.11. The zero-order valence-electron chi connectivity index (χ0n) is 18.0. The Hall–Kier alpha value is -3.36. The maximum atomic E-state index is 12.6. The number of carbonyl (C=O) groups is 1. The molecule has 0 aliphatic heterocycles. The van der Waals surface area contributed by atoms with Gasteiger partial charge in [0.1, 0.15) is 0 Å². The summed E-state index contributed by atoms with van der Waals surface area (Å²) in [6, 6.07) is 20.9. The van der Waals surface area contributed by atoms with Gasteiger partial charge in [-0.25, -0.2) is 13.1 Å². The minimum Gasteiger partial charge on any atom is -0.493 e. The fourth-order valence-electron chi connectivity index (χ4n) is 3.11. The number of ether oxygens (including phenoxy) is 2. The van der Waals surface area contributed by atoms with Crippen LogP contribution >= 0.6 is 0 Å². The second-order valence-electron chi connectivity index (χ2n) is 7.03. The third kappa shape index (κ3) is 6.09. The van der Waals surface area contributed by atoms with Gasteiger partial charge in [-0.15, -0.1) is 0 Å². The number of carbonyl (C=O) groups excluding carboxylic acids is 1. The second kappa shape index (κ2) is 10.8. The molecule has 0 fully saturated rings. The average Bonchev–Trinajstić information content (AvgIpc) is 2.83. The summed E-state index contributed by atoms with van der Waals surface area (Å²) in [6.45, 7) is 0.620. The lowest BCUT2D eigenvalue weighted by atomic mass is 10.1. The molecule has 0 aromatic heterocycles. The topological polar surface area (TPSA) is 93.7 Å². The molecule has 0 spiro atoms. The molecular formula is C24H26N2O5S. The summed E-state index contributed by atoms with van der Waals surface area (Å²) in [5, 5.41) is 2.82. The van der Waals surface area contributed by atoms with Crippen LogP contribution in [0.25, 0.3) is 0 Å². The molecular weight excluding hydrogens is 428 g/mol. The number of hydrogen-bond donors (Lipinski definition) is 2. The number of benzene rings is 3. The van der Waals surface area contributed by atoms with Gasteiger partial charge in [0, 0.05) is 18.7 Å². The summed E-state index contributed by atoms with van der Waals surface area (Å²) in [4.78, 5) is 12.4. The summed E-state index contributed by atoms with van der Waals surface area (Å²) in [5.41, 5.74) is 2.29. The number of sulfonamides is 1. The minimum absolute atomic E-state index is 0.101. The van der Waals surface area contributed by atoms with Crippen LogP contribution in [0.5, 0.6) is 11.5 Å². The zero-order valence-corrected chi connectivity index (χ0v) is 18.8. The van der Waals surface area contributed by atoms with E-state index in [9.17, 15) is 13.2 Å². The molecule has 0 aliphatic rings. The van der Waals surface area contributed by atoms with Gasteiger partial charge in [0.05, 0.1) is 19.1 Å². The predicted octanol–water partition coefficient (Wildman–Crippen LogP) is 3.15. The maximum absolute atomic E-state index is 12.6. The van der Waals surface area contributed by atoms with Crippen LogP contribution in [-0.2, 0) is 23.0 Å². The largest absolute Gasteiger partial charge is 0.493 e. The van der Waals surface area contributed by atoms with Crippen molar-refractivity contribution in [2.75, 3.05) is 20.8 Å². The van der Waals surface area contributed by atoms with E-state index in [4.69, 9.17) is 9.47 Å². The lowest BCUT2D eigenvalue weighted by molar-refractivity contribution is 0.0951. The van der Waals surface area contributed by atoms with E-state index in [1.165, 1.54) is 24.3 Å². The quantitative estimate of drug-likeness (QED) is 0.491. The Balaban J connectivity index is 1.55. The molecule has 0 radical (unpaired) electrons. The SMILES string of the molecule is COc1ccc(CCNS(=O)(=O)c2ccc(C(=O)NCc3ccccc3)cc2)cc1OC. The summed E-state index contributed by atoms with van der Waals surface area (Å²) in [5.74, 6) is 0.943. The molecule has 7 nitrogen and oxygen atoms in total. The van der Waals surface area contributed by atoms with E-state index < -0.39 is 10.0 Å². The molecule has 32 heavy (non-hydrogen) atoms. The molecule has 0 unspecified atom stereocenters. The molecule has 0 aliphatic carbocycles. The van der Waals surface area contributed by atoms with Gasteiger partial charge in [0.15, 0.2) is 11.5 Å². The molecule has 168 valence electrons. The molecule has 0 saturated heterocycles. The van der Waals surface area contributed by atoms with Crippen molar-refractivity contribution in [3.8, 4) is 11.5 Å². The first-order valence-corrected chi connectivity index (χ1v) is 11.5. The van der Waals surface area contributed by atoms with Crippen LogP contribution in [0.3, 0.4) is 0 Å². The first kappa shape index (κ1) is 23.3. The molecule has 0 atom stereocenters. The van der Waals surface area contributed by atoms with Gasteiger partial charge in [-0.1, -0.05) is 36.4 Å². The van der Waals surface area contributed by atoms with E-state index in [0.29, 0.717) is 30.0 Å². The van der Waals surface area contributed by atoms with Gasteiger partial charge in [-0.3, -0.25) is 4.79 Å². The highest BCUT2D eigenvalue weighted by atomic mass is 32.2. The first-order valence-electron chi connectivity index (χ1n) is 10.1. The van der Waals surface area contributed by atoms with Crippen molar-refractivity contribution in [3.05, 3.63) is 89.5 Å². The number of nitrogens with one attached hydrogen (secondary N) is 2. The Morgan fingerprint density at radius 3 is 2.19 bits per heavy atom. The Kier molecular flexibility index (Phi) is 7.86. The van der Waals surface area contributed by atoms with Crippen LogP contribution < -0.4 is 19.5 Å². The van der Waals surface area contributed by atoms with E-state index >= 15 is 0 Å². The van der Waals surface area contributed by atoms with Crippen LogP contribution in [-0.4, -0.2) is 35.1 Å².